The predicted octanol–water partition coefficient (Wildman–Crippen LogP) is 13.0. The van der Waals surface area contributed by atoms with E-state index in [0.29, 0.717) is 17.5 Å². The maximum atomic E-state index is 5.19. The second kappa shape index (κ2) is 13.2. The minimum atomic E-state index is 0.108. The SMILES string of the molecule is C1=C(c2nc(-c3ccccc3)nc(-c3ccccc3)n2)CC(c2ccc(-c3cc4ccccc4s3)cc2)C=C1c1c2ccccc2cc2ccccc12. The van der Waals surface area contributed by atoms with Gasteiger partial charge in [-0.1, -0.05) is 158 Å². The van der Waals surface area contributed by atoms with E-state index in [1.54, 1.807) is 0 Å². The van der Waals surface area contributed by atoms with E-state index in [9.17, 15) is 0 Å². The van der Waals surface area contributed by atoms with Crippen molar-refractivity contribution in [3.63, 3.8) is 0 Å². The Hall–Kier alpha value is -6.49. The number of rotatable bonds is 6. The average Bonchev–Trinajstić information content (AvgIpc) is 3.68. The van der Waals surface area contributed by atoms with E-state index in [4.69, 9.17) is 15.0 Å². The molecule has 4 heteroatoms. The van der Waals surface area contributed by atoms with Crippen molar-refractivity contribution in [2.24, 2.45) is 0 Å². The number of aromatic nitrogens is 3. The molecule has 250 valence electrons. The van der Waals surface area contributed by atoms with E-state index in [1.807, 2.05) is 47.7 Å². The van der Waals surface area contributed by atoms with Gasteiger partial charge in [0.2, 0.25) is 0 Å². The first-order valence-electron chi connectivity index (χ1n) is 18.0. The molecule has 0 bridgehead atoms. The van der Waals surface area contributed by atoms with Crippen LogP contribution in [-0.4, -0.2) is 15.0 Å². The molecule has 3 nitrogen and oxygen atoms in total. The molecule has 1 aliphatic carbocycles. The molecule has 7 aromatic carbocycles. The normalized spacial score (nSPS) is 14.4. The van der Waals surface area contributed by atoms with E-state index in [1.165, 1.54) is 58.8 Å². The van der Waals surface area contributed by atoms with Gasteiger partial charge >= 0.3 is 0 Å². The number of fused-ring (bicyclic) bond motifs is 3. The van der Waals surface area contributed by atoms with Gasteiger partial charge in [-0.3, -0.25) is 0 Å². The number of hydrogen-bond acceptors (Lipinski definition) is 4. The van der Waals surface area contributed by atoms with Crippen molar-refractivity contribution in [3.8, 4) is 33.2 Å². The van der Waals surface area contributed by atoms with Crippen LogP contribution in [0.15, 0.2) is 182 Å². The molecule has 0 saturated carbocycles. The highest BCUT2D eigenvalue weighted by molar-refractivity contribution is 7.22. The molecular weight excluding hydrogens is 663 g/mol. The van der Waals surface area contributed by atoms with Crippen molar-refractivity contribution >= 4 is 54.1 Å². The second-order valence-electron chi connectivity index (χ2n) is 13.6. The Labute approximate surface area is 312 Å². The van der Waals surface area contributed by atoms with Gasteiger partial charge in [-0.05, 0) is 85.5 Å². The van der Waals surface area contributed by atoms with Gasteiger partial charge < -0.3 is 0 Å². The van der Waals surface area contributed by atoms with Gasteiger partial charge in [-0.25, -0.2) is 15.0 Å². The highest BCUT2D eigenvalue weighted by Crippen LogP contribution is 2.43. The number of nitrogens with zero attached hydrogens (tertiary/aromatic N) is 3. The predicted molar refractivity (Wildman–Crippen MR) is 223 cm³/mol. The molecule has 53 heavy (non-hydrogen) atoms. The van der Waals surface area contributed by atoms with E-state index >= 15 is 0 Å². The first-order valence-corrected chi connectivity index (χ1v) is 18.8. The summed E-state index contributed by atoms with van der Waals surface area (Å²) in [5, 5.41) is 6.21. The van der Waals surface area contributed by atoms with E-state index in [-0.39, 0.29) is 5.92 Å². The summed E-state index contributed by atoms with van der Waals surface area (Å²) in [5.41, 5.74) is 7.95. The van der Waals surface area contributed by atoms with Gasteiger partial charge in [0.25, 0.3) is 0 Å². The standard InChI is InChI=1S/C49H33N3S/c1-3-13-34(14-4-1)47-50-48(35-15-5-2-6-16-35)52-49(51-47)41-29-39(32-23-25-33(26-24-32)45-31-38-19-9-12-22-44(38)53-45)28-40(30-41)46-42-20-10-7-17-36(42)27-37-18-8-11-21-43(37)46/h1-28,30-31,39H,29H2. The fraction of sp³-hybridized carbons (Fsp3) is 0.0408. The Morgan fingerprint density at radius 1 is 0.472 bits per heavy atom. The molecule has 1 aliphatic rings. The van der Waals surface area contributed by atoms with Crippen LogP contribution in [0.3, 0.4) is 0 Å². The summed E-state index contributed by atoms with van der Waals surface area (Å²) >= 11 is 1.84. The van der Waals surface area contributed by atoms with Crippen molar-refractivity contribution < 1.29 is 0 Å². The van der Waals surface area contributed by atoms with Gasteiger partial charge in [-0.15, -0.1) is 11.3 Å². The molecule has 10 rings (SSSR count). The van der Waals surface area contributed by atoms with Crippen LogP contribution in [0.4, 0.5) is 0 Å². The van der Waals surface area contributed by atoms with E-state index in [0.717, 1.165) is 23.1 Å². The van der Waals surface area contributed by atoms with Crippen molar-refractivity contribution in [3.05, 3.63) is 199 Å². The minimum Gasteiger partial charge on any atom is -0.209 e. The van der Waals surface area contributed by atoms with Crippen LogP contribution in [0.1, 0.15) is 29.3 Å². The zero-order valence-electron chi connectivity index (χ0n) is 28.9. The van der Waals surface area contributed by atoms with Crippen LogP contribution in [0.2, 0.25) is 0 Å². The van der Waals surface area contributed by atoms with Crippen LogP contribution >= 0.6 is 11.3 Å². The van der Waals surface area contributed by atoms with E-state index in [2.05, 4.69) is 146 Å². The number of allylic oxidation sites excluding steroid dienone is 4. The number of thiophene rings is 1. The summed E-state index contributed by atoms with van der Waals surface area (Å²) in [7, 11) is 0. The zero-order valence-corrected chi connectivity index (χ0v) is 29.7. The van der Waals surface area contributed by atoms with Gasteiger partial charge in [0.1, 0.15) is 0 Å². The lowest BCUT2D eigenvalue weighted by Crippen LogP contribution is -2.09. The summed E-state index contributed by atoms with van der Waals surface area (Å²) < 4.78 is 1.31. The lowest BCUT2D eigenvalue weighted by atomic mass is 9.81. The first-order chi connectivity index (χ1) is 26.2. The monoisotopic (exact) mass is 695 g/mol. The van der Waals surface area contributed by atoms with Crippen LogP contribution in [0.5, 0.6) is 0 Å². The Morgan fingerprint density at radius 3 is 1.64 bits per heavy atom. The topological polar surface area (TPSA) is 38.7 Å². The van der Waals surface area contributed by atoms with Crippen molar-refractivity contribution in [1.29, 1.82) is 0 Å². The van der Waals surface area contributed by atoms with Crippen molar-refractivity contribution in [2.75, 3.05) is 0 Å². The summed E-state index contributed by atoms with van der Waals surface area (Å²) in [6.07, 6.45) is 5.56. The molecular formula is C49H33N3S. The molecule has 0 aliphatic heterocycles. The smallest absolute Gasteiger partial charge is 0.164 e. The van der Waals surface area contributed by atoms with Crippen molar-refractivity contribution in [1.82, 2.24) is 15.0 Å². The quantitative estimate of drug-likeness (QED) is 0.163. The van der Waals surface area contributed by atoms with Crippen LogP contribution in [0.25, 0.3) is 76.0 Å². The third-order valence-electron chi connectivity index (χ3n) is 10.2. The molecule has 9 aromatic rings. The zero-order chi connectivity index (χ0) is 35.1. The maximum absolute atomic E-state index is 5.19. The summed E-state index contributed by atoms with van der Waals surface area (Å²) in [4.78, 5) is 16.7. The third kappa shape index (κ3) is 5.93. The van der Waals surface area contributed by atoms with Gasteiger partial charge in [0.15, 0.2) is 17.5 Å². The minimum absolute atomic E-state index is 0.108. The molecule has 2 aromatic heterocycles. The summed E-state index contributed by atoms with van der Waals surface area (Å²) in [6.45, 7) is 0. The summed E-state index contributed by atoms with van der Waals surface area (Å²) in [6, 6.07) is 60.3. The van der Waals surface area contributed by atoms with Crippen LogP contribution in [-0.2, 0) is 0 Å². The van der Waals surface area contributed by atoms with Gasteiger partial charge in [-0.2, -0.15) is 0 Å². The Bertz CT molecular complexity index is 2710. The third-order valence-corrected chi connectivity index (χ3v) is 11.4. The molecule has 0 radical (unpaired) electrons. The fourth-order valence-electron chi connectivity index (χ4n) is 7.63. The second-order valence-corrected chi connectivity index (χ2v) is 14.7. The molecule has 0 N–H and O–H groups in total. The molecule has 0 fully saturated rings. The van der Waals surface area contributed by atoms with Gasteiger partial charge in [0.05, 0.1) is 0 Å². The highest BCUT2D eigenvalue weighted by atomic mass is 32.1. The first kappa shape index (κ1) is 31.3. The molecule has 1 atom stereocenters. The molecule has 2 heterocycles. The fourth-order valence-corrected chi connectivity index (χ4v) is 8.70. The molecule has 0 spiro atoms. The summed E-state index contributed by atoms with van der Waals surface area (Å²) in [5.74, 6) is 2.16. The van der Waals surface area contributed by atoms with Crippen LogP contribution in [0, 0.1) is 0 Å². The number of benzene rings is 7. The lowest BCUT2D eigenvalue weighted by Gasteiger charge is -2.24. The van der Waals surface area contributed by atoms with Gasteiger partial charge in [0, 0.05) is 26.6 Å². The van der Waals surface area contributed by atoms with Crippen LogP contribution < -0.4 is 0 Å². The highest BCUT2D eigenvalue weighted by Gasteiger charge is 2.24. The largest absolute Gasteiger partial charge is 0.209 e. The lowest BCUT2D eigenvalue weighted by molar-refractivity contribution is 0.857. The Morgan fingerprint density at radius 2 is 1.02 bits per heavy atom. The maximum Gasteiger partial charge on any atom is 0.164 e. The number of hydrogen-bond donors (Lipinski definition) is 0. The Kier molecular flexibility index (Phi) is 7.81. The molecule has 0 amide bonds. The molecule has 0 saturated heterocycles. The Balaban J connectivity index is 1.15. The molecule has 1 unspecified atom stereocenters. The average molecular weight is 696 g/mol. The van der Waals surface area contributed by atoms with Crippen molar-refractivity contribution in [2.45, 2.75) is 12.3 Å². The van der Waals surface area contributed by atoms with E-state index < -0.39 is 0 Å².